The van der Waals surface area contributed by atoms with E-state index in [1.165, 1.54) is 6.92 Å². The number of carboxylic acids is 1. The summed E-state index contributed by atoms with van der Waals surface area (Å²) in [5, 5.41) is 10.5. The second kappa shape index (κ2) is 6.29. The van der Waals surface area contributed by atoms with E-state index in [0.29, 0.717) is 12.1 Å². The standard InChI is InChI=1S/C13H11F6NO2/c1-2-9(11(21)22)10(13(17,18)19)20-8-5-3-4-7(6-8)12(14,15)16/h3-6,20H,2H2,1H3,(H,21,22). The van der Waals surface area contributed by atoms with E-state index in [2.05, 4.69) is 0 Å². The van der Waals surface area contributed by atoms with Gasteiger partial charge in [0.05, 0.1) is 11.1 Å². The third-order valence-electron chi connectivity index (χ3n) is 2.66. The number of carboxylic acid groups (broad SMARTS) is 1. The molecule has 0 unspecified atom stereocenters. The number of hydrogen-bond donors (Lipinski definition) is 2. The Labute approximate surface area is 121 Å². The van der Waals surface area contributed by atoms with Crippen LogP contribution in [0.15, 0.2) is 35.5 Å². The van der Waals surface area contributed by atoms with Crippen LogP contribution in [0.3, 0.4) is 0 Å². The van der Waals surface area contributed by atoms with Crippen molar-refractivity contribution in [2.75, 3.05) is 5.32 Å². The predicted molar refractivity (Wildman–Crippen MR) is 66.1 cm³/mol. The first-order valence-electron chi connectivity index (χ1n) is 5.94. The van der Waals surface area contributed by atoms with Gasteiger partial charge >= 0.3 is 18.3 Å². The SMILES string of the molecule is CCC(C(=O)O)=C(Nc1cccc(C(F)(F)F)c1)C(F)(F)F. The van der Waals surface area contributed by atoms with Crippen molar-refractivity contribution in [3.63, 3.8) is 0 Å². The van der Waals surface area contributed by atoms with E-state index in [1.54, 1.807) is 5.32 Å². The van der Waals surface area contributed by atoms with Crippen LogP contribution in [0.5, 0.6) is 0 Å². The molecule has 2 N–H and O–H groups in total. The highest BCUT2D eigenvalue weighted by Crippen LogP contribution is 2.34. The van der Waals surface area contributed by atoms with Crippen molar-refractivity contribution in [2.45, 2.75) is 25.7 Å². The monoisotopic (exact) mass is 327 g/mol. The quantitative estimate of drug-likeness (QED) is 0.635. The first-order valence-corrected chi connectivity index (χ1v) is 5.94. The van der Waals surface area contributed by atoms with Gasteiger partial charge in [-0.2, -0.15) is 26.3 Å². The van der Waals surface area contributed by atoms with Crippen molar-refractivity contribution in [1.29, 1.82) is 0 Å². The largest absolute Gasteiger partial charge is 0.478 e. The van der Waals surface area contributed by atoms with Crippen molar-refractivity contribution in [2.24, 2.45) is 0 Å². The van der Waals surface area contributed by atoms with Gasteiger partial charge in [0.25, 0.3) is 0 Å². The molecule has 0 bridgehead atoms. The summed E-state index contributed by atoms with van der Waals surface area (Å²) >= 11 is 0. The molecule has 0 saturated heterocycles. The number of allylic oxidation sites excluding steroid dienone is 1. The summed E-state index contributed by atoms with van der Waals surface area (Å²) in [7, 11) is 0. The first kappa shape index (κ1) is 17.9. The Bertz CT molecular complexity index is 589. The molecule has 3 nitrogen and oxygen atoms in total. The Balaban J connectivity index is 3.31. The number of rotatable bonds is 4. The lowest BCUT2D eigenvalue weighted by atomic mass is 10.1. The highest BCUT2D eigenvalue weighted by atomic mass is 19.4. The van der Waals surface area contributed by atoms with Crippen LogP contribution in [0.4, 0.5) is 32.0 Å². The average molecular weight is 327 g/mol. The van der Waals surface area contributed by atoms with Crippen molar-refractivity contribution in [3.8, 4) is 0 Å². The Kier molecular flexibility index (Phi) is 5.10. The van der Waals surface area contributed by atoms with Gasteiger partial charge in [-0.05, 0) is 24.6 Å². The molecule has 0 aliphatic carbocycles. The van der Waals surface area contributed by atoms with Gasteiger partial charge < -0.3 is 10.4 Å². The number of halogens is 6. The molecule has 0 atom stereocenters. The molecule has 0 spiro atoms. The second-order valence-electron chi connectivity index (χ2n) is 4.21. The van der Waals surface area contributed by atoms with Gasteiger partial charge in [0, 0.05) is 5.69 Å². The number of nitrogens with one attached hydrogen (secondary N) is 1. The highest BCUT2D eigenvalue weighted by molar-refractivity contribution is 5.88. The fraction of sp³-hybridized carbons (Fsp3) is 0.308. The Morgan fingerprint density at radius 2 is 1.77 bits per heavy atom. The van der Waals surface area contributed by atoms with E-state index in [9.17, 15) is 31.1 Å². The molecule has 1 aromatic carbocycles. The molecule has 0 saturated carbocycles. The summed E-state index contributed by atoms with van der Waals surface area (Å²) < 4.78 is 76.4. The summed E-state index contributed by atoms with van der Waals surface area (Å²) in [6.07, 6.45) is -10.2. The minimum Gasteiger partial charge on any atom is -0.478 e. The molecule has 22 heavy (non-hydrogen) atoms. The van der Waals surface area contributed by atoms with Crippen LogP contribution in [0.2, 0.25) is 0 Å². The van der Waals surface area contributed by atoms with Gasteiger partial charge in [-0.1, -0.05) is 13.0 Å². The summed E-state index contributed by atoms with van der Waals surface area (Å²) in [4.78, 5) is 10.9. The molecule has 122 valence electrons. The molecule has 0 aromatic heterocycles. The van der Waals surface area contributed by atoms with Crippen molar-refractivity contribution in [1.82, 2.24) is 0 Å². The summed E-state index contributed by atoms with van der Waals surface area (Å²) in [5.41, 5.74) is -4.21. The third kappa shape index (κ3) is 4.40. The smallest absolute Gasteiger partial charge is 0.431 e. The lowest BCUT2D eigenvalue weighted by Crippen LogP contribution is -2.24. The second-order valence-corrected chi connectivity index (χ2v) is 4.21. The molecule has 0 aliphatic heterocycles. The highest BCUT2D eigenvalue weighted by Gasteiger charge is 2.38. The van der Waals surface area contributed by atoms with E-state index >= 15 is 0 Å². The zero-order valence-corrected chi connectivity index (χ0v) is 11.1. The van der Waals surface area contributed by atoms with Crippen molar-refractivity contribution >= 4 is 11.7 Å². The molecule has 0 fully saturated rings. The zero-order chi connectivity index (χ0) is 17.1. The maximum absolute atomic E-state index is 12.9. The van der Waals surface area contributed by atoms with E-state index < -0.39 is 47.3 Å². The third-order valence-corrected chi connectivity index (χ3v) is 2.66. The zero-order valence-electron chi connectivity index (χ0n) is 11.1. The van der Waals surface area contributed by atoms with Crippen LogP contribution in [-0.2, 0) is 11.0 Å². The van der Waals surface area contributed by atoms with Gasteiger partial charge in [0.2, 0.25) is 0 Å². The van der Waals surface area contributed by atoms with Crippen molar-refractivity contribution in [3.05, 3.63) is 41.1 Å². The summed E-state index contributed by atoms with van der Waals surface area (Å²) in [6.45, 7) is 1.20. The molecule has 1 aromatic rings. The van der Waals surface area contributed by atoms with E-state index in [4.69, 9.17) is 5.11 Å². The molecule has 0 radical (unpaired) electrons. The van der Waals surface area contributed by atoms with Crippen LogP contribution in [-0.4, -0.2) is 17.3 Å². The van der Waals surface area contributed by atoms with Crippen LogP contribution in [0, 0.1) is 0 Å². The molecular weight excluding hydrogens is 316 g/mol. The molecule has 9 heteroatoms. The van der Waals surface area contributed by atoms with Gasteiger partial charge in [-0.15, -0.1) is 0 Å². The Morgan fingerprint density at radius 3 is 2.18 bits per heavy atom. The van der Waals surface area contributed by atoms with Gasteiger partial charge in [0.15, 0.2) is 0 Å². The Morgan fingerprint density at radius 1 is 1.18 bits per heavy atom. The normalized spacial score (nSPS) is 13.6. The molecule has 1 rings (SSSR count). The van der Waals surface area contributed by atoms with E-state index in [-0.39, 0.29) is 0 Å². The topological polar surface area (TPSA) is 49.3 Å². The van der Waals surface area contributed by atoms with Gasteiger partial charge in [-0.25, -0.2) is 4.79 Å². The fourth-order valence-corrected chi connectivity index (χ4v) is 1.67. The van der Waals surface area contributed by atoms with Crippen LogP contribution >= 0.6 is 0 Å². The van der Waals surface area contributed by atoms with E-state index in [1.807, 2.05) is 0 Å². The first-order chi connectivity index (χ1) is 9.96. The van der Waals surface area contributed by atoms with Crippen molar-refractivity contribution < 1.29 is 36.2 Å². The molecular formula is C13H11F6NO2. The van der Waals surface area contributed by atoms with Crippen LogP contribution in [0.1, 0.15) is 18.9 Å². The maximum Gasteiger partial charge on any atom is 0.431 e. The number of benzene rings is 1. The molecule has 0 amide bonds. The minimum atomic E-state index is -5.04. The number of alkyl halides is 6. The van der Waals surface area contributed by atoms with Gasteiger partial charge in [-0.3, -0.25) is 0 Å². The fourth-order valence-electron chi connectivity index (χ4n) is 1.67. The Hall–Kier alpha value is -2.19. The minimum absolute atomic E-state index is 0.448. The lowest BCUT2D eigenvalue weighted by molar-refractivity contribution is -0.137. The van der Waals surface area contributed by atoms with Gasteiger partial charge in [0.1, 0.15) is 5.70 Å². The molecule has 0 heterocycles. The number of carbonyl (C=O) groups is 1. The predicted octanol–water partition coefficient (Wildman–Crippen LogP) is 4.43. The average Bonchev–Trinajstić information content (AvgIpc) is 2.36. The van der Waals surface area contributed by atoms with Crippen LogP contribution in [0.25, 0.3) is 0 Å². The van der Waals surface area contributed by atoms with E-state index in [0.717, 1.165) is 12.1 Å². The number of aliphatic carboxylic acids is 1. The lowest BCUT2D eigenvalue weighted by Gasteiger charge is -2.18. The summed E-state index contributed by atoms with van der Waals surface area (Å²) in [5.74, 6) is -1.80. The van der Waals surface area contributed by atoms with Crippen LogP contribution < -0.4 is 5.32 Å². The maximum atomic E-state index is 12.9. The number of anilines is 1. The summed E-state index contributed by atoms with van der Waals surface area (Å²) in [6, 6.07) is 3.07. The number of hydrogen-bond acceptors (Lipinski definition) is 2. The molecule has 0 aliphatic rings.